The number of allylic oxidation sites excluding steroid dienone is 1. The van der Waals surface area contributed by atoms with E-state index >= 15 is 0 Å². The fourth-order valence-electron chi connectivity index (χ4n) is 3.44. The summed E-state index contributed by atoms with van der Waals surface area (Å²) in [5.74, 6) is 1.20. The third kappa shape index (κ3) is 1.68. The second-order valence-corrected chi connectivity index (χ2v) is 5.85. The molecule has 16 heavy (non-hydrogen) atoms. The van der Waals surface area contributed by atoms with Gasteiger partial charge < -0.3 is 4.74 Å². The molecule has 0 aliphatic heterocycles. The van der Waals surface area contributed by atoms with Gasteiger partial charge >= 0.3 is 5.97 Å². The number of ether oxygens (including phenoxy) is 1. The van der Waals surface area contributed by atoms with Crippen LogP contribution in [0.5, 0.6) is 0 Å². The Kier molecular flexibility index (Phi) is 2.85. The van der Waals surface area contributed by atoms with Crippen molar-refractivity contribution >= 4 is 5.97 Å². The molecule has 2 saturated carbocycles. The maximum Gasteiger partial charge on any atom is 0.333 e. The van der Waals surface area contributed by atoms with Crippen molar-refractivity contribution in [2.24, 2.45) is 17.3 Å². The van der Waals surface area contributed by atoms with Crippen molar-refractivity contribution in [3.05, 3.63) is 11.6 Å². The van der Waals surface area contributed by atoms with E-state index in [1.807, 2.05) is 19.9 Å². The molecule has 3 atom stereocenters. The van der Waals surface area contributed by atoms with Gasteiger partial charge in [-0.2, -0.15) is 0 Å². The fourth-order valence-corrected chi connectivity index (χ4v) is 3.44. The van der Waals surface area contributed by atoms with Crippen molar-refractivity contribution in [2.75, 3.05) is 0 Å². The van der Waals surface area contributed by atoms with Crippen LogP contribution in [-0.4, -0.2) is 12.1 Å². The number of hydrogen-bond donors (Lipinski definition) is 0. The van der Waals surface area contributed by atoms with E-state index in [0.29, 0.717) is 11.3 Å². The molecule has 0 amide bonds. The predicted molar refractivity (Wildman–Crippen MR) is 63.9 cm³/mol. The van der Waals surface area contributed by atoms with Gasteiger partial charge in [-0.05, 0) is 44.4 Å². The van der Waals surface area contributed by atoms with Crippen molar-refractivity contribution in [3.8, 4) is 0 Å². The highest BCUT2D eigenvalue weighted by molar-refractivity contribution is 5.87. The molecule has 2 heteroatoms. The minimum absolute atomic E-state index is 0.129. The Morgan fingerprint density at radius 3 is 2.50 bits per heavy atom. The third-order valence-corrected chi connectivity index (χ3v) is 4.81. The Hall–Kier alpha value is -0.790. The van der Waals surface area contributed by atoms with Crippen molar-refractivity contribution in [2.45, 2.75) is 53.1 Å². The van der Waals surface area contributed by atoms with Crippen LogP contribution in [0.2, 0.25) is 0 Å². The number of carbonyl (C=O) groups excluding carboxylic acids is 1. The summed E-state index contributed by atoms with van der Waals surface area (Å²) in [4.78, 5) is 11.7. The van der Waals surface area contributed by atoms with E-state index in [2.05, 4.69) is 13.8 Å². The lowest BCUT2D eigenvalue weighted by atomic mass is 9.82. The highest BCUT2D eigenvalue weighted by Crippen LogP contribution is 2.58. The summed E-state index contributed by atoms with van der Waals surface area (Å²) in [6.07, 6.45) is 5.59. The molecular weight excluding hydrogens is 200 g/mol. The highest BCUT2D eigenvalue weighted by Gasteiger charge is 2.54. The Morgan fingerprint density at radius 1 is 1.38 bits per heavy atom. The van der Waals surface area contributed by atoms with Gasteiger partial charge in [-0.3, -0.25) is 0 Å². The van der Waals surface area contributed by atoms with E-state index in [4.69, 9.17) is 4.74 Å². The predicted octanol–water partition coefficient (Wildman–Crippen LogP) is 3.32. The first kappa shape index (κ1) is 11.7. The molecule has 0 spiro atoms. The Bertz CT molecular complexity index is 328. The quantitative estimate of drug-likeness (QED) is 0.529. The van der Waals surface area contributed by atoms with Gasteiger partial charge in [0.05, 0.1) is 0 Å². The van der Waals surface area contributed by atoms with Crippen molar-refractivity contribution in [1.29, 1.82) is 0 Å². The molecule has 0 heterocycles. The second kappa shape index (κ2) is 3.90. The largest absolute Gasteiger partial charge is 0.459 e. The zero-order valence-electron chi connectivity index (χ0n) is 10.7. The molecule has 2 aliphatic rings. The molecule has 0 radical (unpaired) electrons. The molecule has 0 aromatic heterocycles. The van der Waals surface area contributed by atoms with Crippen LogP contribution < -0.4 is 0 Å². The summed E-state index contributed by atoms with van der Waals surface area (Å²) in [7, 11) is 0. The third-order valence-electron chi connectivity index (χ3n) is 4.81. The summed E-state index contributed by atoms with van der Waals surface area (Å²) in [6, 6.07) is 0. The topological polar surface area (TPSA) is 26.3 Å². The smallest absolute Gasteiger partial charge is 0.333 e. The van der Waals surface area contributed by atoms with Crippen molar-refractivity contribution in [3.63, 3.8) is 0 Å². The van der Waals surface area contributed by atoms with Crippen molar-refractivity contribution in [1.82, 2.24) is 0 Å². The van der Waals surface area contributed by atoms with Crippen LogP contribution in [0, 0.1) is 17.3 Å². The summed E-state index contributed by atoms with van der Waals surface area (Å²) < 4.78 is 5.63. The Morgan fingerprint density at radius 2 is 2.06 bits per heavy atom. The van der Waals surface area contributed by atoms with Crippen LogP contribution in [0.3, 0.4) is 0 Å². The molecule has 0 aromatic rings. The van der Waals surface area contributed by atoms with Crippen LogP contribution in [0.15, 0.2) is 11.6 Å². The van der Waals surface area contributed by atoms with E-state index < -0.39 is 0 Å². The number of esters is 1. The summed E-state index contributed by atoms with van der Waals surface area (Å²) in [5.41, 5.74) is 1.09. The molecule has 2 rings (SSSR count). The van der Waals surface area contributed by atoms with Gasteiger partial charge in [-0.15, -0.1) is 0 Å². The lowest BCUT2D eigenvalue weighted by Gasteiger charge is -2.26. The SMILES string of the molecule is C/C=C(\C)C(=O)O[C@@H]1C[C@H]2CC[C@@H]1C2(C)C. The van der Waals surface area contributed by atoms with E-state index in [9.17, 15) is 4.79 Å². The number of carbonyl (C=O) groups is 1. The summed E-state index contributed by atoms with van der Waals surface area (Å²) in [5, 5.41) is 0. The lowest BCUT2D eigenvalue weighted by molar-refractivity contribution is -0.147. The minimum atomic E-state index is -0.129. The standard InChI is InChI=1S/C14H22O2/c1-5-9(2)13(15)16-12-8-10-6-7-11(12)14(10,3)4/h5,10-12H,6-8H2,1-4H3/b9-5+/t10-,11+,12-/m1/s1. The normalized spacial score (nSPS) is 36.5. The maximum absolute atomic E-state index is 11.7. The summed E-state index contributed by atoms with van der Waals surface area (Å²) in [6.45, 7) is 8.35. The number of fused-ring (bicyclic) bond motifs is 2. The molecule has 2 nitrogen and oxygen atoms in total. The Labute approximate surface area is 98.1 Å². The average molecular weight is 222 g/mol. The molecular formula is C14H22O2. The van der Waals surface area contributed by atoms with Crippen LogP contribution in [0.4, 0.5) is 0 Å². The number of rotatable bonds is 2. The number of hydrogen-bond acceptors (Lipinski definition) is 2. The minimum Gasteiger partial charge on any atom is -0.459 e. The zero-order chi connectivity index (χ0) is 11.9. The lowest BCUT2D eigenvalue weighted by Crippen LogP contribution is -2.27. The van der Waals surface area contributed by atoms with E-state index in [0.717, 1.165) is 17.9 Å². The van der Waals surface area contributed by atoms with Crippen LogP contribution in [0.25, 0.3) is 0 Å². The maximum atomic E-state index is 11.7. The second-order valence-electron chi connectivity index (χ2n) is 5.85. The van der Waals surface area contributed by atoms with Gasteiger partial charge in [0, 0.05) is 11.5 Å². The molecule has 2 bridgehead atoms. The monoisotopic (exact) mass is 222 g/mol. The molecule has 0 aromatic carbocycles. The van der Waals surface area contributed by atoms with Crippen LogP contribution in [-0.2, 0) is 9.53 Å². The van der Waals surface area contributed by atoms with Gasteiger partial charge in [0.15, 0.2) is 0 Å². The molecule has 0 unspecified atom stereocenters. The fraction of sp³-hybridized carbons (Fsp3) is 0.786. The van der Waals surface area contributed by atoms with E-state index in [1.54, 1.807) is 0 Å². The highest BCUT2D eigenvalue weighted by atomic mass is 16.5. The van der Waals surface area contributed by atoms with E-state index in [-0.39, 0.29) is 12.1 Å². The first-order valence-corrected chi connectivity index (χ1v) is 6.30. The molecule has 0 saturated heterocycles. The molecule has 90 valence electrons. The first-order valence-electron chi connectivity index (χ1n) is 6.30. The van der Waals surface area contributed by atoms with Gasteiger partial charge in [0.1, 0.15) is 6.10 Å². The van der Waals surface area contributed by atoms with Gasteiger partial charge in [-0.25, -0.2) is 4.79 Å². The summed E-state index contributed by atoms with van der Waals surface area (Å²) >= 11 is 0. The Balaban J connectivity index is 2.02. The molecule has 2 fully saturated rings. The zero-order valence-corrected chi connectivity index (χ0v) is 10.7. The van der Waals surface area contributed by atoms with Gasteiger partial charge in [0.25, 0.3) is 0 Å². The van der Waals surface area contributed by atoms with Gasteiger partial charge in [-0.1, -0.05) is 19.9 Å². The molecule has 2 aliphatic carbocycles. The average Bonchev–Trinajstić information content (AvgIpc) is 2.65. The van der Waals surface area contributed by atoms with Gasteiger partial charge in [0.2, 0.25) is 0 Å². The van der Waals surface area contributed by atoms with Crippen LogP contribution in [0.1, 0.15) is 47.0 Å². The molecule has 0 N–H and O–H groups in total. The van der Waals surface area contributed by atoms with Crippen LogP contribution >= 0.6 is 0 Å². The van der Waals surface area contributed by atoms with E-state index in [1.165, 1.54) is 12.8 Å². The van der Waals surface area contributed by atoms with Crippen molar-refractivity contribution < 1.29 is 9.53 Å². The first-order chi connectivity index (χ1) is 7.46.